The second kappa shape index (κ2) is 10.2. The predicted molar refractivity (Wildman–Crippen MR) is 150 cm³/mol. The fourth-order valence-corrected chi connectivity index (χ4v) is 6.65. The summed E-state index contributed by atoms with van der Waals surface area (Å²) in [7, 11) is 0. The van der Waals surface area contributed by atoms with Crippen LogP contribution in [0.3, 0.4) is 0 Å². The van der Waals surface area contributed by atoms with Gasteiger partial charge in [-0.1, -0.05) is 60.5 Å². The average Bonchev–Trinajstić information content (AvgIpc) is 3.47. The van der Waals surface area contributed by atoms with Crippen molar-refractivity contribution < 1.29 is 13.2 Å². The summed E-state index contributed by atoms with van der Waals surface area (Å²) in [6.45, 7) is 1.03. The first-order chi connectivity index (χ1) is 18.0. The molecule has 1 unspecified atom stereocenters. The molecule has 7 rings (SSSR count). The van der Waals surface area contributed by atoms with E-state index in [1.165, 1.54) is 65.7 Å². The van der Waals surface area contributed by atoms with Crippen molar-refractivity contribution >= 4 is 33.7 Å². The van der Waals surface area contributed by atoms with Crippen LogP contribution < -0.4 is 0 Å². The van der Waals surface area contributed by atoms with Crippen molar-refractivity contribution in [1.29, 1.82) is 0 Å². The van der Waals surface area contributed by atoms with Crippen molar-refractivity contribution in [2.24, 2.45) is 16.8 Å². The van der Waals surface area contributed by atoms with E-state index in [1.54, 1.807) is 29.5 Å². The van der Waals surface area contributed by atoms with Gasteiger partial charge in [0.2, 0.25) is 0 Å². The molecule has 37 heavy (non-hydrogen) atoms. The molecular formula is C32H30F3NS. The topological polar surface area (TPSA) is 12.4 Å². The Morgan fingerprint density at radius 3 is 2.38 bits per heavy atom. The molecule has 5 heteroatoms. The second-order valence-electron chi connectivity index (χ2n) is 10.4. The van der Waals surface area contributed by atoms with Crippen LogP contribution in [0.15, 0.2) is 77.3 Å². The van der Waals surface area contributed by atoms with Crippen LogP contribution in [-0.4, -0.2) is 17.8 Å². The molecule has 0 spiro atoms. The summed E-state index contributed by atoms with van der Waals surface area (Å²) in [5.41, 5.74) is 9.00. The SMILES string of the molecule is C1=NCCS1.FC(F)(F)c1ccc(-c2ccc3c4c(ccc3c2)C2=C(CCC=C2)C(C2CCC2)C4)cc1. The smallest absolute Gasteiger partial charge is 0.285 e. The van der Waals surface area contributed by atoms with Gasteiger partial charge in [0.25, 0.3) is 0 Å². The first-order valence-corrected chi connectivity index (χ1v) is 14.3. The molecule has 3 aliphatic carbocycles. The molecule has 1 saturated carbocycles. The Bertz CT molecular complexity index is 1390. The van der Waals surface area contributed by atoms with Gasteiger partial charge >= 0.3 is 6.18 Å². The number of aliphatic imine (C=N–C) groups is 1. The minimum Gasteiger partial charge on any atom is -0.285 e. The summed E-state index contributed by atoms with van der Waals surface area (Å²) in [5.74, 6) is 2.68. The highest BCUT2D eigenvalue weighted by Crippen LogP contribution is 2.49. The normalized spacial score (nSPS) is 20.8. The number of rotatable bonds is 2. The maximum absolute atomic E-state index is 12.9. The minimum absolute atomic E-state index is 0.609. The van der Waals surface area contributed by atoms with Crippen molar-refractivity contribution in [3.05, 3.63) is 89.0 Å². The van der Waals surface area contributed by atoms with Crippen LogP contribution in [0.5, 0.6) is 0 Å². The molecule has 0 saturated heterocycles. The van der Waals surface area contributed by atoms with Gasteiger partial charge in [-0.25, -0.2) is 0 Å². The zero-order chi connectivity index (χ0) is 25.4. The standard InChI is InChI=1S/C29H25F3.C3H5NS/c30-29(31,32)22-12-8-18(9-13-22)20-10-14-23-21(16-20)11-15-26-24-6-1-2-7-25(24)27(17-28(23)26)19-4-3-5-19;1-2-5-3-4-1/h1,6,8-16,19,27H,2-5,7,17H2;3H,1-2H2. The van der Waals surface area contributed by atoms with Gasteiger partial charge < -0.3 is 0 Å². The Kier molecular flexibility index (Phi) is 6.74. The van der Waals surface area contributed by atoms with Gasteiger partial charge in [0.15, 0.2) is 0 Å². The van der Waals surface area contributed by atoms with E-state index in [2.05, 4.69) is 47.5 Å². The second-order valence-corrected chi connectivity index (χ2v) is 11.3. The van der Waals surface area contributed by atoms with E-state index in [9.17, 15) is 13.2 Å². The summed E-state index contributed by atoms with van der Waals surface area (Å²) < 4.78 is 38.8. The number of benzene rings is 3. The largest absolute Gasteiger partial charge is 0.416 e. The fraction of sp³-hybridized carbons (Fsp3) is 0.344. The summed E-state index contributed by atoms with van der Waals surface area (Å²) in [6, 6.07) is 16.3. The van der Waals surface area contributed by atoms with Crippen LogP contribution in [-0.2, 0) is 12.6 Å². The van der Waals surface area contributed by atoms with Crippen LogP contribution in [0.1, 0.15) is 48.8 Å². The number of nitrogens with zero attached hydrogens (tertiary/aromatic N) is 1. The molecule has 0 bridgehead atoms. The molecule has 1 fully saturated rings. The lowest BCUT2D eigenvalue weighted by atomic mass is 9.64. The first kappa shape index (κ1) is 24.5. The molecule has 3 aromatic rings. The zero-order valence-corrected chi connectivity index (χ0v) is 21.5. The van der Waals surface area contributed by atoms with Crippen LogP contribution >= 0.6 is 11.8 Å². The summed E-state index contributed by atoms with van der Waals surface area (Å²) in [6.07, 6.45) is 7.86. The molecule has 0 radical (unpaired) electrons. The van der Waals surface area contributed by atoms with Crippen LogP contribution in [0.25, 0.3) is 27.5 Å². The Morgan fingerprint density at radius 2 is 1.73 bits per heavy atom. The molecule has 0 amide bonds. The zero-order valence-electron chi connectivity index (χ0n) is 20.7. The average molecular weight is 518 g/mol. The van der Waals surface area contributed by atoms with Gasteiger partial charge in [0, 0.05) is 12.3 Å². The molecule has 0 N–H and O–H groups in total. The summed E-state index contributed by atoms with van der Waals surface area (Å²) in [4.78, 5) is 3.92. The Labute approximate surface area is 220 Å². The molecule has 1 nitrogen and oxygen atoms in total. The van der Waals surface area contributed by atoms with E-state index in [1.807, 2.05) is 5.55 Å². The van der Waals surface area contributed by atoms with Crippen molar-refractivity contribution in [3.8, 4) is 11.1 Å². The van der Waals surface area contributed by atoms with E-state index >= 15 is 0 Å². The third-order valence-corrected chi connectivity index (χ3v) is 8.97. The highest BCUT2D eigenvalue weighted by atomic mass is 32.2. The lowest BCUT2D eigenvalue weighted by molar-refractivity contribution is -0.137. The third kappa shape index (κ3) is 4.90. The number of allylic oxidation sites excluding steroid dienone is 4. The monoisotopic (exact) mass is 517 g/mol. The molecule has 190 valence electrons. The van der Waals surface area contributed by atoms with Gasteiger partial charge in [-0.15, -0.1) is 11.8 Å². The van der Waals surface area contributed by atoms with E-state index < -0.39 is 11.7 Å². The molecule has 3 aromatic carbocycles. The number of hydrogen-bond donors (Lipinski definition) is 0. The lowest BCUT2D eigenvalue weighted by Gasteiger charge is -2.40. The summed E-state index contributed by atoms with van der Waals surface area (Å²) in [5, 5.41) is 2.45. The van der Waals surface area contributed by atoms with Gasteiger partial charge in [-0.05, 0) is 101 Å². The Hall–Kier alpha value is -2.79. The number of thioether (sulfide) groups is 1. The van der Waals surface area contributed by atoms with E-state index in [4.69, 9.17) is 0 Å². The molecule has 1 aliphatic heterocycles. The number of hydrogen-bond acceptors (Lipinski definition) is 2. The summed E-state index contributed by atoms with van der Waals surface area (Å²) >= 11 is 1.78. The number of alkyl halides is 3. The fourth-order valence-electron chi connectivity index (χ4n) is 6.13. The van der Waals surface area contributed by atoms with Crippen molar-refractivity contribution in [1.82, 2.24) is 0 Å². The molecule has 0 aromatic heterocycles. The van der Waals surface area contributed by atoms with Crippen molar-refractivity contribution in [3.63, 3.8) is 0 Å². The van der Waals surface area contributed by atoms with E-state index in [0.717, 1.165) is 41.8 Å². The van der Waals surface area contributed by atoms with Crippen LogP contribution in [0, 0.1) is 11.8 Å². The third-order valence-electron chi connectivity index (χ3n) is 8.26. The quantitative estimate of drug-likeness (QED) is 0.330. The van der Waals surface area contributed by atoms with Crippen LogP contribution in [0.4, 0.5) is 13.2 Å². The van der Waals surface area contributed by atoms with Crippen molar-refractivity contribution in [2.45, 2.75) is 44.7 Å². The molecule has 4 aliphatic rings. The highest BCUT2D eigenvalue weighted by Gasteiger charge is 2.35. The minimum atomic E-state index is -4.31. The number of halogens is 3. The van der Waals surface area contributed by atoms with Crippen molar-refractivity contribution in [2.75, 3.05) is 12.3 Å². The molecule has 1 atom stereocenters. The molecule has 1 heterocycles. The first-order valence-electron chi connectivity index (χ1n) is 13.2. The predicted octanol–water partition coefficient (Wildman–Crippen LogP) is 9.36. The van der Waals surface area contributed by atoms with E-state index in [0.29, 0.717) is 5.92 Å². The van der Waals surface area contributed by atoms with Crippen LogP contribution in [0.2, 0.25) is 0 Å². The molecular weight excluding hydrogens is 487 g/mol. The van der Waals surface area contributed by atoms with E-state index in [-0.39, 0.29) is 0 Å². The Morgan fingerprint density at radius 1 is 0.919 bits per heavy atom. The maximum Gasteiger partial charge on any atom is 0.416 e. The van der Waals surface area contributed by atoms with Gasteiger partial charge in [-0.3, -0.25) is 4.99 Å². The van der Waals surface area contributed by atoms with Gasteiger partial charge in [-0.2, -0.15) is 13.2 Å². The highest BCUT2D eigenvalue weighted by molar-refractivity contribution is 8.12. The Balaban J connectivity index is 0.000000453. The number of fused-ring (bicyclic) bond motifs is 4. The maximum atomic E-state index is 12.9. The van der Waals surface area contributed by atoms with Gasteiger partial charge in [0.05, 0.1) is 11.1 Å². The lowest BCUT2D eigenvalue weighted by Crippen LogP contribution is -2.29. The van der Waals surface area contributed by atoms with Gasteiger partial charge in [0.1, 0.15) is 0 Å².